The van der Waals surface area contributed by atoms with E-state index in [0.717, 1.165) is 38.0 Å². The van der Waals surface area contributed by atoms with E-state index in [0.29, 0.717) is 18.2 Å². The first-order valence-electron chi connectivity index (χ1n) is 8.60. The fraction of sp³-hybridized carbons (Fsp3) is 0.611. The normalized spacial score (nSPS) is 18.4. The fourth-order valence-corrected chi connectivity index (χ4v) is 3.10. The number of likely N-dealkylation sites (tertiary alicyclic amines) is 1. The number of phenolic OH excluding ortho intramolecular Hbond substituents is 1. The van der Waals surface area contributed by atoms with Crippen LogP contribution < -0.4 is 15.4 Å². The number of aromatic hydroxyl groups is 1. The van der Waals surface area contributed by atoms with Crippen LogP contribution in [0.15, 0.2) is 18.2 Å². The molecule has 1 atom stereocenters. The van der Waals surface area contributed by atoms with Crippen LogP contribution in [0.3, 0.4) is 0 Å². The molecule has 0 saturated carbocycles. The summed E-state index contributed by atoms with van der Waals surface area (Å²) in [6.45, 7) is 7.39. The summed E-state index contributed by atoms with van der Waals surface area (Å²) in [4.78, 5) is 14.1. The molecule has 0 radical (unpaired) electrons. The lowest BCUT2D eigenvalue weighted by atomic mass is 9.97. The van der Waals surface area contributed by atoms with E-state index in [1.807, 2.05) is 19.9 Å². The molecule has 0 unspecified atom stereocenters. The molecular formula is C18H29N3O3. The lowest BCUT2D eigenvalue weighted by Gasteiger charge is -2.33. The van der Waals surface area contributed by atoms with Crippen molar-refractivity contribution in [2.24, 2.45) is 5.92 Å². The molecule has 0 aromatic heterocycles. The van der Waals surface area contributed by atoms with Crippen LogP contribution in [-0.4, -0.2) is 48.8 Å². The van der Waals surface area contributed by atoms with Crippen LogP contribution in [0.2, 0.25) is 0 Å². The zero-order valence-electron chi connectivity index (χ0n) is 14.8. The standard InChI is InChI=1S/C18H29N3O3/c1-13(2)20-18(23)19-10-15-5-4-8-21(12-15)11-14-6-7-17(24-3)16(22)9-14/h6-7,9,13,15,22H,4-5,8,10-12H2,1-3H3,(H2,19,20,23)/t15-/m0/s1. The van der Waals surface area contributed by atoms with Crippen molar-refractivity contribution in [3.05, 3.63) is 23.8 Å². The summed E-state index contributed by atoms with van der Waals surface area (Å²) in [5.41, 5.74) is 1.07. The van der Waals surface area contributed by atoms with Crippen molar-refractivity contribution < 1.29 is 14.6 Å². The van der Waals surface area contributed by atoms with Gasteiger partial charge in [-0.3, -0.25) is 4.90 Å². The van der Waals surface area contributed by atoms with Gasteiger partial charge in [-0.15, -0.1) is 0 Å². The van der Waals surface area contributed by atoms with Gasteiger partial charge in [0.05, 0.1) is 7.11 Å². The molecule has 1 fully saturated rings. The highest BCUT2D eigenvalue weighted by atomic mass is 16.5. The van der Waals surface area contributed by atoms with Crippen LogP contribution in [0.25, 0.3) is 0 Å². The second kappa shape index (κ2) is 8.78. The van der Waals surface area contributed by atoms with Crippen molar-refractivity contribution in [2.75, 3.05) is 26.7 Å². The lowest BCUT2D eigenvalue weighted by Crippen LogP contribution is -2.45. The third-order valence-corrected chi connectivity index (χ3v) is 4.22. The molecule has 1 aliphatic rings. The molecule has 1 aromatic carbocycles. The zero-order chi connectivity index (χ0) is 17.5. The van der Waals surface area contributed by atoms with Crippen LogP contribution in [0.1, 0.15) is 32.3 Å². The number of carbonyl (C=O) groups is 1. The number of nitrogens with zero attached hydrogens (tertiary/aromatic N) is 1. The van der Waals surface area contributed by atoms with Crippen molar-refractivity contribution in [1.82, 2.24) is 15.5 Å². The van der Waals surface area contributed by atoms with Crippen LogP contribution in [0.4, 0.5) is 4.79 Å². The predicted octanol–water partition coefficient (Wildman–Crippen LogP) is 2.32. The van der Waals surface area contributed by atoms with E-state index in [9.17, 15) is 9.90 Å². The van der Waals surface area contributed by atoms with Gasteiger partial charge in [0, 0.05) is 25.7 Å². The minimum Gasteiger partial charge on any atom is -0.504 e. The van der Waals surface area contributed by atoms with Crippen molar-refractivity contribution in [3.8, 4) is 11.5 Å². The lowest BCUT2D eigenvalue weighted by molar-refractivity contribution is 0.165. The number of hydrogen-bond donors (Lipinski definition) is 3. The van der Waals surface area contributed by atoms with E-state index in [1.54, 1.807) is 19.2 Å². The van der Waals surface area contributed by atoms with E-state index >= 15 is 0 Å². The first kappa shape index (κ1) is 18.4. The molecule has 1 aliphatic heterocycles. The van der Waals surface area contributed by atoms with Crippen LogP contribution in [0.5, 0.6) is 11.5 Å². The summed E-state index contributed by atoms with van der Waals surface area (Å²) in [6, 6.07) is 5.59. The van der Waals surface area contributed by atoms with Crippen molar-refractivity contribution in [3.63, 3.8) is 0 Å². The fourth-order valence-electron chi connectivity index (χ4n) is 3.10. The van der Waals surface area contributed by atoms with Crippen molar-refractivity contribution in [1.29, 1.82) is 0 Å². The number of amides is 2. The Balaban J connectivity index is 1.82. The summed E-state index contributed by atoms with van der Waals surface area (Å²) in [6.07, 6.45) is 2.26. The van der Waals surface area contributed by atoms with Crippen molar-refractivity contribution >= 4 is 6.03 Å². The minimum absolute atomic E-state index is 0.0952. The highest BCUT2D eigenvalue weighted by Crippen LogP contribution is 2.27. The zero-order valence-corrected chi connectivity index (χ0v) is 14.8. The Morgan fingerprint density at radius 2 is 2.25 bits per heavy atom. The van der Waals surface area contributed by atoms with E-state index in [4.69, 9.17) is 4.74 Å². The topological polar surface area (TPSA) is 73.8 Å². The van der Waals surface area contributed by atoms with Gasteiger partial charge in [-0.25, -0.2) is 4.79 Å². The number of methoxy groups -OCH3 is 1. The van der Waals surface area contributed by atoms with Gasteiger partial charge >= 0.3 is 6.03 Å². The van der Waals surface area contributed by atoms with Gasteiger partial charge in [0.15, 0.2) is 11.5 Å². The Morgan fingerprint density at radius 3 is 2.92 bits per heavy atom. The van der Waals surface area contributed by atoms with Gasteiger partial charge in [0.1, 0.15) is 0 Å². The molecule has 6 heteroatoms. The second-order valence-electron chi connectivity index (χ2n) is 6.76. The Kier molecular flexibility index (Phi) is 6.73. The molecule has 1 aromatic rings. The van der Waals surface area contributed by atoms with Gasteiger partial charge in [0.25, 0.3) is 0 Å². The highest BCUT2D eigenvalue weighted by molar-refractivity contribution is 5.74. The smallest absolute Gasteiger partial charge is 0.314 e. The maximum absolute atomic E-state index is 11.7. The monoisotopic (exact) mass is 335 g/mol. The van der Waals surface area contributed by atoms with E-state index in [-0.39, 0.29) is 17.8 Å². The highest BCUT2D eigenvalue weighted by Gasteiger charge is 2.21. The maximum Gasteiger partial charge on any atom is 0.314 e. The molecule has 0 aliphatic carbocycles. The molecule has 1 heterocycles. The molecule has 3 N–H and O–H groups in total. The molecule has 24 heavy (non-hydrogen) atoms. The number of ether oxygens (including phenoxy) is 1. The number of benzene rings is 1. The summed E-state index contributed by atoms with van der Waals surface area (Å²) < 4.78 is 5.08. The Morgan fingerprint density at radius 1 is 1.46 bits per heavy atom. The second-order valence-corrected chi connectivity index (χ2v) is 6.76. The Bertz CT molecular complexity index is 548. The molecule has 2 rings (SSSR count). The Hall–Kier alpha value is -1.95. The number of hydrogen-bond acceptors (Lipinski definition) is 4. The molecule has 1 saturated heterocycles. The van der Waals surface area contributed by atoms with Crippen LogP contribution in [0, 0.1) is 5.92 Å². The van der Waals surface area contributed by atoms with E-state index in [2.05, 4.69) is 15.5 Å². The quantitative estimate of drug-likeness (QED) is 0.746. The largest absolute Gasteiger partial charge is 0.504 e. The number of carbonyl (C=O) groups excluding carboxylic acids is 1. The molecular weight excluding hydrogens is 306 g/mol. The third-order valence-electron chi connectivity index (χ3n) is 4.22. The summed E-state index contributed by atoms with van der Waals surface area (Å²) in [5.74, 6) is 1.13. The minimum atomic E-state index is -0.0952. The Labute approximate surface area is 144 Å². The summed E-state index contributed by atoms with van der Waals surface area (Å²) in [5, 5.41) is 15.7. The van der Waals surface area contributed by atoms with E-state index < -0.39 is 0 Å². The SMILES string of the molecule is COc1ccc(CN2CCC[C@@H](CNC(=O)NC(C)C)C2)cc1O. The number of rotatable bonds is 6. The van der Waals surface area contributed by atoms with Crippen LogP contribution >= 0.6 is 0 Å². The number of nitrogens with one attached hydrogen (secondary N) is 2. The first-order valence-corrected chi connectivity index (χ1v) is 8.60. The number of phenols is 1. The number of urea groups is 1. The third kappa shape index (κ3) is 5.60. The average molecular weight is 335 g/mol. The van der Waals surface area contributed by atoms with Gasteiger partial charge < -0.3 is 20.5 Å². The number of piperidine rings is 1. The molecule has 0 spiro atoms. The van der Waals surface area contributed by atoms with Gasteiger partial charge in [-0.1, -0.05) is 6.07 Å². The first-order chi connectivity index (χ1) is 11.5. The average Bonchev–Trinajstić information content (AvgIpc) is 2.53. The molecule has 134 valence electrons. The van der Waals surface area contributed by atoms with Gasteiger partial charge in [-0.2, -0.15) is 0 Å². The molecule has 0 bridgehead atoms. The molecule has 6 nitrogen and oxygen atoms in total. The summed E-state index contributed by atoms with van der Waals surface area (Å²) >= 11 is 0. The maximum atomic E-state index is 11.7. The van der Waals surface area contributed by atoms with Gasteiger partial charge in [0.2, 0.25) is 0 Å². The van der Waals surface area contributed by atoms with Crippen molar-refractivity contribution in [2.45, 2.75) is 39.3 Å². The van der Waals surface area contributed by atoms with Gasteiger partial charge in [-0.05, 0) is 56.8 Å². The molecule has 2 amide bonds. The predicted molar refractivity (Wildman–Crippen MR) is 94.3 cm³/mol. The summed E-state index contributed by atoms with van der Waals surface area (Å²) in [7, 11) is 1.55. The van der Waals surface area contributed by atoms with Crippen LogP contribution in [-0.2, 0) is 6.54 Å². The van der Waals surface area contributed by atoms with E-state index in [1.165, 1.54) is 0 Å².